The van der Waals surface area contributed by atoms with Crippen molar-refractivity contribution in [2.75, 3.05) is 6.61 Å². The van der Waals surface area contributed by atoms with Crippen molar-refractivity contribution < 1.29 is 9.53 Å². The third-order valence-corrected chi connectivity index (χ3v) is 3.54. The largest absolute Gasteiger partial charge is 0.461 e. The molecule has 0 bridgehead atoms. The fourth-order valence-electron chi connectivity index (χ4n) is 2.38. The average Bonchev–Trinajstić information content (AvgIpc) is 3.02. The SMILES string of the molecule is CCOC(=O)c1cc(-c2ccccc2)n(-c2ccc(C)cc2)n1. The summed E-state index contributed by atoms with van der Waals surface area (Å²) in [4.78, 5) is 12.0. The standard InChI is InChI=1S/C19H18N2O2/c1-3-23-19(22)17-13-18(15-7-5-4-6-8-15)21(20-17)16-11-9-14(2)10-12-16/h4-13H,3H2,1-2H3. The first-order chi connectivity index (χ1) is 11.2. The van der Waals surface area contributed by atoms with Crippen LogP contribution in [0.1, 0.15) is 23.0 Å². The highest BCUT2D eigenvalue weighted by Crippen LogP contribution is 2.24. The van der Waals surface area contributed by atoms with Crippen LogP contribution in [0, 0.1) is 6.92 Å². The van der Waals surface area contributed by atoms with Crippen LogP contribution < -0.4 is 0 Å². The summed E-state index contributed by atoms with van der Waals surface area (Å²) in [7, 11) is 0. The lowest BCUT2D eigenvalue weighted by molar-refractivity contribution is 0.0519. The molecule has 23 heavy (non-hydrogen) atoms. The molecule has 2 aromatic carbocycles. The van der Waals surface area contributed by atoms with E-state index in [2.05, 4.69) is 5.10 Å². The van der Waals surface area contributed by atoms with Crippen LogP contribution in [0.15, 0.2) is 60.7 Å². The van der Waals surface area contributed by atoms with Gasteiger partial charge in [0.2, 0.25) is 0 Å². The van der Waals surface area contributed by atoms with Crippen LogP contribution in [0.5, 0.6) is 0 Å². The number of carbonyl (C=O) groups is 1. The fourth-order valence-corrected chi connectivity index (χ4v) is 2.38. The summed E-state index contributed by atoms with van der Waals surface area (Å²) in [5, 5.41) is 4.45. The number of aryl methyl sites for hydroxylation is 1. The maximum atomic E-state index is 12.0. The van der Waals surface area contributed by atoms with E-state index in [0.29, 0.717) is 12.3 Å². The molecule has 4 nitrogen and oxygen atoms in total. The van der Waals surface area contributed by atoms with Crippen molar-refractivity contribution in [3.05, 3.63) is 71.9 Å². The Balaban J connectivity index is 2.12. The minimum atomic E-state index is -0.407. The zero-order valence-electron chi connectivity index (χ0n) is 13.2. The molecule has 0 amide bonds. The molecule has 1 heterocycles. The normalized spacial score (nSPS) is 10.5. The summed E-state index contributed by atoms with van der Waals surface area (Å²) in [5.74, 6) is -0.407. The number of esters is 1. The number of hydrogen-bond acceptors (Lipinski definition) is 3. The summed E-state index contributed by atoms with van der Waals surface area (Å²) >= 11 is 0. The second-order valence-corrected chi connectivity index (χ2v) is 5.25. The molecule has 0 saturated carbocycles. The number of carbonyl (C=O) groups excluding carboxylic acids is 1. The Morgan fingerprint density at radius 2 is 1.78 bits per heavy atom. The Morgan fingerprint density at radius 3 is 2.43 bits per heavy atom. The summed E-state index contributed by atoms with van der Waals surface area (Å²) in [6.07, 6.45) is 0. The van der Waals surface area contributed by atoms with Crippen molar-refractivity contribution in [2.45, 2.75) is 13.8 Å². The number of benzene rings is 2. The molecule has 4 heteroatoms. The third kappa shape index (κ3) is 3.16. The Bertz CT molecular complexity index is 805. The van der Waals surface area contributed by atoms with Crippen LogP contribution in [0.2, 0.25) is 0 Å². The van der Waals surface area contributed by atoms with E-state index in [1.165, 1.54) is 5.56 Å². The van der Waals surface area contributed by atoms with E-state index < -0.39 is 5.97 Å². The van der Waals surface area contributed by atoms with Gasteiger partial charge < -0.3 is 4.74 Å². The van der Waals surface area contributed by atoms with Crippen LogP contribution in [0.25, 0.3) is 16.9 Å². The van der Waals surface area contributed by atoms with E-state index >= 15 is 0 Å². The Hall–Kier alpha value is -2.88. The third-order valence-electron chi connectivity index (χ3n) is 3.54. The highest BCUT2D eigenvalue weighted by atomic mass is 16.5. The average molecular weight is 306 g/mol. The van der Waals surface area contributed by atoms with Crippen LogP contribution in [-0.4, -0.2) is 22.4 Å². The monoisotopic (exact) mass is 306 g/mol. The number of ether oxygens (including phenoxy) is 1. The van der Waals surface area contributed by atoms with Crippen LogP contribution in [-0.2, 0) is 4.74 Å². The molecule has 116 valence electrons. The van der Waals surface area contributed by atoms with E-state index in [1.54, 1.807) is 17.7 Å². The van der Waals surface area contributed by atoms with Crippen molar-refractivity contribution in [1.29, 1.82) is 0 Å². The van der Waals surface area contributed by atoms with Crippen molar-refractivity contribution in [3.8, 4) is 16.9 Å². The molecule has 0 spiro atoms. The molecule has 0 N–H and O–H groups in total. The van der Waals surface area contributed by atoms with Gasteiger partial charge in [0, 0.05) is 5.56 Å². The summed E-state index contributed by atoms with van der Waals surface area (Å²) in [6, 6.07) is 19.7. The van der Waals surface area contributed by atoms with E-state index in [4.69, 9.17) is 4.74 Å². The van der Waals surface area contributed by atoms with E-state index in [9.17, 15) is 4.79 Å². The van der Waals surface area contributed by atoms with Crippen LogP contribution >= 0.6 is 0 Å². The zero-order valence-corrected chi connectivity index (χ0v) is 13.2. The smallest absolute Gasteiger partial charge is 0.358 e. The van der Waals surface area contributed by atoms with Gasteiger partial charge >= 0.3 is 5.97 Å². The molecule has 0 saturated heterocycles. The Labute approximate surface area is 135 Å². The van der Waals surface area contributed by atoms with E-state index in [-0.39, 0.29) is 0 Å². The fraction of sp³-hybridized carbons (Fsp3) is 0.158. The van der Waals surface area contributed by atoms with Crippen LogP contribution in [0.4, 0.5) is 0 Å². The molecule has 0 radical (unpaired) electrons. The van der Waals surface area contributed by atoms with Gasteiger partial charge in [-0.3, -0.25) is 0 Å². The molecule has 3 rings (SSSR count). The quantitative estimate of drug-likeness (QED) is 0.684. The first-order valence-electron chi connectivity index (χ1n) is 7.58. The minimum absolute atomic E-state index is 0.311. The number of nitrogens with zero attached hydrogens (tertiary/aromatic N) is 2. The van der Waals surface area contributed by atoms with Crippen molar-refractivity contribution in [1.82, 2.24) is 9.78 Å². The second-order valence-electron chi connectivity index (χ2n) is 5.25. The lowest BCUT2D eigenvalue weighted by Crippen LogP contribution is -2.06. The van der Waals surface area contributed by atoms with E-state index in [0.717, 1.165) is 16.9 Å². The first kappa shape index (κ1) is 15.0. The number of hydrogen-bond donors (Lipinski definition) is 0. The maximum absolute atomic E-state index is 12.0. The van der Waals surface area contributed by atoms with Gasteiger partial charge in [0.1, 0.15) is 0 Å². The highest BCUT2D eigenvalue weighted by molar-refractivity contribution is 5.89. The lowest BCUT2D eigenvalue weighted by Gasteiger charge is -2.07. The van der Waals surface area contributed by atoms with Gasteiger partial charge in [-0.05, 0) is 32.0 Å². The topological polar surface area (TPSA) is 44.1 Å². The van der Waals surface area contributed by atoms with Gasteiger partial charge in [-0.15, -0.1) is 0 Å². The minimum Gasteiger partial charge on any atom is -0.461 e. The second kappa shape index (κ2) is 6.48. The van der Waals surface area contributed by atoms with Gasteiger partial charge in [-0.2, -0.15) is 5.10 Å². The van der Waals surface area contributed by atoms with Crippen LogP contribution in [0.3, 0.4) is 0 Å². The molecule has 0 fully saturated rings. The zero-order chi connectivity index (χ0) is 16.2. The number of aromatic nitrogens is 2. The van der Waals surface area contributed by atoms with Gasteiger partial charge in [-0.1, -0.05) is 48.0 Å². The van der Waals surface area contributed by atoms with Crippen molar-refractivity contribution in [3.63, 3.8) is 0 Å². The molecule has 0 aliphatic carbocycles. The van der Waals surface area contributed by atoms with Gasteiger partial charge in [0.25, 0.3) is 0 Å². The molecule has 0 aliphatic heterocycles. The van der Waals surface area contributed by atoms with Crippen molar-refractivity contribution in [2.24, 2.45) is 0 Å². The maximum Gasteiger partial charge on any atom is 0.358 e. The van der Waals surface area contributed by atoms with E-state index in [1.807, 2.05) is 61.5 Å². The van der Waals surface area contributed by atoms with Gasteiger partial charge in [0.05, 0.1) is 18.0 Å². The highest BCUT2D eigenvalue weighted by Gasteiger charge is 2.17. The molecule has 0 unspecified atom stereocenters. The summed E-state index contributed by atoms with van der Waals surface area (Å²) < 4.78 is 6.85. The van der Waals surface area contributed by atoms with Gasteiger partial charge in [-0.25, -0.2) is 9.48 Å². The Kier molecular flexibility index (Phi) is 4.24. The predicted molar refractivity (Wildman–Crippen MR) is 89.7 cm³/mol. The molecule has 3 aromatic rings. The first-order valence-corrected chi connectivity index (χ1v) is 7.58. The molecule has 0 atom stereocenters. The predicted octanol–water partition coefficient (Wildman–Crippen LogP) is 4.02. The summed E-state index contributed by atoms with van der Waals surface area (Å²) in [5.41, 5.74) is 4.25. The number of rotatable bonds is 4. The lowest BCUT2D eigenvalue weighted by atomic mass is 10.1. The molecular formula is C19H18N2O2. The molecule has 1 aromatic heterocycles. The van der Waals surface area contributed by atoms with Gasteiger partial charge in [0.15, 0.2) is 5.69 Å². The molecular weight excluding hydrogens is 288 g/mol. The summed E-state index contributed by atoms with van der Waals surface area (Å²) in [6.45, 7) is 4.15. The molecule has 0 aliphatic rings. The van der Waals surface area contributed by atoms with Crippen molar-refractivity contribution >= 4 is 5.97 Å². The Morgan fingerprint density at radius 1 is 1.09 bits per heavy atom.